The van der Waals surface area contributed by atoms with Crippen LogP contribution in [0, 0.1) is 0 Å². The Labute approximate surface area is 117 Å². The summed E-state index contributed by atoms with van der Waals surface area (Å²) in [6.45, 7) is 2.17. The van der Waals surface area contributed by atoms with Crippen LogP contribution in [0.25, 0.3) is 0 Å². The van der Waals surface area contributed by atoms with Gasteiger partial charge in [0.05, 0.1) is 19.4 Å². The zero-order valence-electron chi connectivity index (χ0n) is 11.6. The molecule has 0 aromatic rings. The second-order valence-corrected chi connectivity index (χ2v) is 4.37. The number of aliphatic carboxylic acids is 2. The van der Waals surface area contributed by atoms with Gasteiger partial charge in [-0.3, -0.25) is 9.59 Å². The minimum absolute atomic E-state index is 0. The van der Waals surface area contributed by atoms with Crippen molar-refractivity contribution >= 4 is 17.9 Å². The summed E-state index contributed by atoms with van der Waals surface area (Å²) in [6.07, 6.45) is 1.67. The van der Waals surface area contributed by atoms with E-state index in [4.69, 9.17) is 14.9 Å². The lowest BCUT2D eigenvalue weighted by Crippen LogP contribution is -2.43. The molecule has 0 aliphatic heterocycles. The smallest absolute Gasteiger partial charge is 0.336 e. The summed E-state index contributed by atoms with van der Waals surface area (Å²) in [6, 6.07) is 0. The highest BCUT2D eigenvalue weighted by Gasteiger charge is 2.41. The summed E-state index contributed by atoms with van der Waals surface area (Å²) < 4.78 is 4.76. The summed E-state index contributed by atoms with van der Waals surface area (Å²) in [5, 5.41) is 26.8. The van der Waals surface area contributed by atoms with Crippen LogP contribution >= 0.6 is 0 Å². The average Bonchev–Trinajstić information content (AvgIpc) is 2.27. The number of carboxylic acid groups (broad SMARTS) is 2. The van der Waals surface area contributed by atoms with E-state index in [1.54, 1.807) is 0 Å². The van der Waals surface area contributed by atoms with E-state index in [1.807, 2.05) is 6.92 Å². The van der Waals surface area contributed by atoms with Gasteiger partial charge >= 0.3 is 17.9 Å². The molecule has 0 spiro atoms. The van der Waals surface area contributed by atoms with E-state index in [1.165, 1.54) is 0 Å². The lowest BCUT2D eigenvalue weighted by atomic mass is 9.96. The molecule has 0 bridgehead atoms. The molecule has 1 unspecified atom stereocenters. The maximum absolute atomic E-state index is 11.3. The normalized spacial score (nSPS) is 12.9. The largest absolute Gasteiger partial charge is 0.481 e. The van der Waals surface area contributed by atoms with Crippen LogP contribution in [0.15, 0.2) is 0 Å². The van der Waals surface area contributed by atoms with Crippen LogP contribution in [0.1, 0.15) is 45.4 Å². The molecule has 0 amide bonds. The first-order valence-corrected chi connectivity index (χ1v) is 6.15. The van der Waals surface area contributed by atoms with Crippen LogP contribution < -0.4 is 6.15 Å². The summed E-state index contributed by atoms with van der Waals surface area (Å²) >= 11 is 0. The van der Waals surface area contributed by atoms with Gasteiger partial charge in [-0.2, -0.15) is 0 Å². The molecule has 0 aliphatic carbocycles. The monoisotopic (exact) mass is 293 g/mol. The van der Waals surface area contributed by atoms with Gasteiger partial charge in [0, 0.05) is 0 Å². The Morgan fingerprint density at radius 1 is 1.05 bits per heavy atom. The summed E-state index contributed by atoms with van der Waals surface area (Å²) in [4.78, 5) is 32.6. The molecule has 0 aromatic carbocycles. The minimum Gasteiger partial charge on any atom is -0.481 e. The Balaban J connectivity index is 0. The molecule has 0 radical (unpaired) electrons. The van der Waals surface area contributed by atoms with Crippen molar-refractivity contribution in [1.29, 1.82) is 0 Å². The highest BCUT2D eigenvalue weighted by atomic mass is 16.5. The summed E-state index contributed by atoms with van der Waals surface area (Å²) in [5.41, 5.74) is -2.62. The van der Waals surface area contributed by atoms with Crippen LogP contribution in [0.3, 0.4) is 0 Å². The standard InChI is InChI=1S/C12H20O7.H3N/c1-2-3-4-5-6-19-10(15)8-12(18,11(16)17)7-9(13)14;/h18H,2-8H2,1H3,(H,13,14)(H,16,17);1H3. The molecule has 0 saturated carbocycles. The first-order chi connectivity index (χ1) is 8.81. The topological polar surface area (TPSA) is 156 Å². The molecule has 0 heterocycles. The molecule has 118 valence electrons. The summed E-state index contributed by atoms with van der Waals surface area (Å²) in [5.74, 6) is -4.17. The summed E-state index contributed by atoms with van der Waals surface area (Å²) in [7, 11) is 0. The average molecular weight is 293 g/mol. The van der Waals surface area contributed by atoms with Crippen molar-refractivity contribution in [3.05, 3.63) is 0 Å². The minimum atomic E-state index is -2.62. The van der Waals surface area contributed by atoms with E-state index in [0.29, 0.717) is 6.42 Å². The fraction of sp³-hybridized carbons (Fsp3) is 0.750. The van der Waals surface area contributed by atoms with Gasteiger partial charge in [-0.15, -0.1) is 0 Å². The van der Waals surface area contributed by atoms with Crippen molar-refractivity contribution in [2.24, 2.45) is 0 Å². The van der Waals surface area contributed by atoms with Crippen LogP contribution in [0.2, 0.25) is 0 Å². The molecule has 1 atom stereocenters. The van der Waals surface area contributed by atoms with Crippen molar-refractivity contribution in [2.75, 3.05) is 6.61 Å². The first kappa shape index (κ1) is 20.6. The number of aliphatic hydroxyl groups is 1. The lowest BCUT2D eigenvalue weighted by molar-refractivity contribution is -0.172. The maximum Gasteiger partial charge on any atom is 0.336 e. The van der Waals surface area contributed by atoms with Crippen molar-refractivity contribution in [3.8, 4) is 0 Å². The number of esters is 1. The highest BCUT2D eigenvalue weighted by Crippen LogP contribution is 2.17. The van der Waals surface area contributed by atoms with Crippen LogP contribution in [0.4, 0.5) is 0 Å². The fourth-order valence-electron chi connectivity index (χ4n) is 1.47. The predicted octanol–water partition coefficient (Wildman–Crippen LogP) is 0.952. The lowest BCUT2D eigenvalue weighted by Gasteiger charge is -2.20. The van der Waals surface area contributed by atoms with E-state index in [9.17, 15) is 19.5 Å². The van der Waals surface area contributed by atoms with Gasteiger partial charge < -0.3 is 26.2 Å². The van der Waals surface area contributed by atoms with Gasteiger partial charge in [0.25, 0.3) is 0 Å². The second-order valence-electron chi connectivity index (χ2n) is 4.37. The zero-order valence-corrected chi connectivity index (χ0v) is 11.6. The number of unbranched alkanes of at least 4 members (excludes halogenated alkanes) is 3. The fourth-order valence-corrected chi connectivity index (χ4v) is 1.47. The molecule has 0 aromatic heterocycles. The van der Waals surface area contributed by atoms with E-state index in [2.05, 4.69) is 0 Å². The van der Waals surface area contributed by atoms with Gasteiger partial charge in [-0.05, 0) is 6.42 Å². The van der Waals surface area contributed by atoms with E-state index in [-0.39, 0.29) is 12.8 Å². The first-order valence-electron chi connectivity index (χ1n) is 6.15. The number of hydrogen-bond acceptors (Lipinski definition) is 6. The second kappa shape index (κ2) is 10.2. The number of ether oxygens (including phenoxy) is 1. The zero-order chi connectivity index (χ0) is 14.9. The number of carbonyl (C=O) groups excluding carboxylic acids is 1. The number of carbonyl (C=O) groups is 3. The molecule has 20 heavy (non-hydrogen) atoms. The Kier molecular flexibility index (Phi) is 10.5. The van der Waals surface area contributed by atoms with Crippen LogP contribution in [-0.2, 0) is 19.1 Å². The Morgan fingerprint density at radius 2 is 1.65 bits per heavy atom. The van der Waals surface area contributed by atoms with Crippen molar-refractivity contribution in [1.82, 2.24) is 6.15 Å². The molecule has 8 heteroatoms. The molecule has 8 nitrogen and oxygen atoms in total. The number of hydrogen-bond donors (Lipinski definition) is 4. The Hall–Kier alpha value is -1.67. The van der Waals surface area contributed by atoms with E-state index >= 15 is 0 Å². The molecule has 6 N–H and O–H groups in total. The molecular weight excluding hydrogens is 270 g/mol. The predicted molar refractivity (Wildman–Crippen MR) is 69.6 cm³/mol. The molecule has 0 rings (SSSR count). The molecule has 0 fully saturated rings. The third-order valence-corrected chi connectivity index (χ3v) is 2.54. The van der Waals surface area contributed by atoms with Crippen LogP contribution in [-0.4, -0.2) is 45.4 Å². The maximum atomic E-state index is 11.3. The third kappa shape index (κ3) is 8.44. The van der Waals surface area contributed by atoms with Crippen LogP contribution in [0.5, 0.6) is 0 Å². The number of carboxylic acids is 2. The molecule has 0 saturated heterocycles. The SMILES string of the molecule is CCCCCCOC(=O)CC(O)(CC(=O)O)C(=O)O.N. The van der Waals surface area contributed by atoms with Gasteiger partial charge in [0.2, 0.25) is 0 Å². The Bertz CT molecular complexity index is 332. The molecule has 0 aliphatic rings. The van der Waals surface area contributed by atoms with Gasteiger partial charge in [-0.25, -0.2) is 4.79 Å². The van der Waals surface area contributed by atoms with Crippen molar-refractivity contribution in [2.45, 2.75) is 51.0 Å². The van der Waals surface area contributed by atoms with Crippen molar-refractivity contribution in [3.63, 3.8) is 0 Å². The quantitative estimate of drug-likeness (QED) is 0.342. The van der Waals surface area contributed by atoms with Crippen molar-refractivity contribution < 1.29 is 34.4 Å². The van der Waals surface area contributed by atoms with Gasteiger partial charge in [0.1, 0.15) is 0 Å². The van der Waals surface area contributed by atoms with Gasteiger partial charge in [0.15, 0.2) is 5.60 Å². The van der Waals surface area contributed by atoms with E-state index < -0.39 is 36.4 Å². The van der Waals surface area contributed by atoms with E-state index in [0.717, 1.165) is 19.3 Å². The third-order valence-electron chi connectivity index (χ3n) is 2.54. The Morgan fingerprint density at radius 3 is 2.10 bits per heavy atom. The van der Waals surface area contributed by atoms with Gasteiger partial charge in [-0.1, -0.05) is 26.2 Å². The number of rotatable bonds is 10. The molecular formula is C12H23NO7. The highest BCUT2D eigenvalue weighted by molar-refractivity contribution is 5.88.